The molecule has 2 saturated heterocycles. The van der Waals surface area contributed by atoms with Gasteiger partial charge < -0.3 is 19.5 Å². The Kier molecular flexibility index (Phi) is 9.05. The van der Waals surface area contributed by atoms with Crippen molar-refractivity contribution in [1.82, 2.24) is 9.97 Å². The van der Waals surface area contributed by atoms with Crippen LogP contribution in [0.1, 0.15) is 60.8 Å². The molecule has 266 valence electrons. The Morgan fingerprint density at radius 1 is 0.642 bits per heavy atom. The molecule has 2 aromatic heterocycles. The van der Waals surface area contributed by atoms with Crippen molar-refractivity contribution in [2.75, 3.05) is 19.6 Å². The molecule has 0 atom stereocenters. The van der Waals surface area contributed by atoms with E-state index in [2.05, 4.69) is 19.7 Å². The minimum atomic E-state index is -0.759. The van der Waals surface area contributed by atoms with Crippen LogP contribution in [0.2, 0.25) is 0 Å². The van der Waals surface area contributed by atoms with Gasteiger partial charge >= 0.3 is 0 Å². The molecule has 2 spiro atoms. The molecule has 0 N–H and O–H groups in total. The molecule has 53 heavy (non-hydrogen) atoms. The van der Waals surface area contributed by atoms with Gasteiger partial charge in [-0.3, -0.25) is 19.4 Å². The molecular formula is C40H35FN8O2S2. The first-order valence-electron chi connectivity index (χ1n) is 17.3. The highest BCUT2D eigenvalue weighted by atomic mass is 32.1. The summed E-state index contributed by atoms with van der Waals surface area (Å²) in [5.41, 5.74) is 4.49. The fourth-order valence-corrected chi connectivity index (χ4v) is 8.35. The third-order valence-corrected chi connectivity index (χ3v) is 11.4. The highest BCUT2D eigenvalue weighted by Gasteiger charge is 2.61. The molecule has 10 nitrogen and oxygen atoms in total. The number of amides is 2. The second-order valence-electron chi connectivity index (χ2n) is 13.9. The lowest BCUT2D eigenvalue weighted by molar-refractivity contribution is -0.124. The number of rotatable bonds is 4. The van der Waals surface area contributed by atoms with Crippen LogP contribution in [0.5, 0.6) is 0 Å². The number of thiocarbonyl (C=S) groups is 2. The van der Waals surface area contributed by atoms with E-state index in [4.69, 9.17) is 37.6 Å². The topological polar surface area (TPSA) is 81.6 Å². The first-order chi connectivity index (χ1) is 25.4. The molecule has 2 aliphatic heterocycles. The molecule has 0 unspecified atom stereocenters. The summed E-state index contributed by atoms with van der Waals surface area (Å²) in [6, 6.07) is 16.6. The summed E-state index contributed by atoms with van der Waals surface area (Å²) in [7, 11) is 0. The summed E-state index contributed by atoms with van der Waals surface area (Å²) in [5.74, 6) is 0.212. The van der Waals surface area contributed by atoms with Crippen molar-refractivity contribution in [3.05, 3.63) is 118 Å². The summed E-state index contributed by atoms with van der Waals surface area (Å²) >= 11 is 11.4. The van der Waals surface area contributed by atoms with Crippen molar-refractivity contribution >= 4 is 80.9 Å². The van der Waals surface area contributed by atoms with Gasteiger partial charge in [0, 0.05) is 11.4 Å². The fraction of sp³-hybridized carbons (Fsp3) is 0.300. The van der Waals surface area contributed by atoms with Gasteiger partial charge in [-0.1, -0.05) is 36.9 Å². The molecule has 0 bridgehead atoms. The van der Waals surface area contributed by atoms with Gasteiger partial charge in [0.2, 0.25) is 0 Å². The molecule has 0 radical (unpaired) electrons. The predicted molar refractivity (Wildman–Crippen MR) is 211 cm³/mol. The summed E-state index contributed by atoms with van der Waals surface area (Å²) in [5, 5.41) is 0.801. The zero-order chi connectivity index (χ0) is 37.8. The van der Waals surface area contributed by atoms with E-state index in [1.807, 2.05) is 49.1 Å². The van der Waals surface area contributed by atoms with E-state index in [0.717, 1.165) is 36.9 Å². The molecule has 2 amide bonds. The van der Waals surface area contributed by atoms with Crippen LogP contribution in [0.25, 0.3) is 9.69 Å². The first-order valence-corrected chi connectivity index (χ1v) is 18.1. The third-order valence-electron chi connectivity index (χ3n) is 10.7. The molecule has 4 aromatic rings. The van der Waals surface area contributed by atoms with E-state index in [1.54, 1.807) is 48.0 Å². The van der Waals surface area contributed by atoms with Crippen LogP contribution in [-0.4, -0.2) is 43.1 Å². The molecular weight excluding hydrogens is 708 g/mol. The molecule has 8 rings (SSSR count). The Morgan fingerprint density at radius 3 is 1.45 bits per heavy atom. The number of carbonyl (C=O) groups is 2. The van der Waals surface area contributed by atoms with Crippen LogP contribution in [0.3, 0.4) is 0 Å². The summed E-state index contributed by atoms with van der Waals surface area (Å²) < 4.78 is 14.2. The smallest absolute Gasteiger partial charge is 0.272 e. The summed E-state index contributed by atoms with van der Waals surface area (Å²) in [6.07, 6.45) is 7.92. The summed E-state index contributed by atoms with van der Waals surface area (Å²) in [4.78, 5) is 48.6. The molecule has 2 aliphatic carbocycles. The number of aryl methyl sites for hydroxylation is 4. The average molecular weight is 743 g/mol. The lowest BCUT2D eigenvalue weighted by atomic mass is 9.75. The SMILES string of the molecule is [C-]#[N+]c1ncc(N2C(=O)C3(CCC3)N(c3ccc(C)c(F)c3)C2=S)cc1C.[C-]#[N+]c1ncc(N2C(=O)C3(CCC3)N(c3ccc(C)cc3)C2=S)cc1C. The molecule has 4 heterocycles. The van der Waals surface area contributed by atoms with Crippen molar-refractivity contribution in [3.63, 3.8) is 0 Å². The maximum atomic E-state index is 14.2. The van der Waals surface area contributed by atoms with Crippen LogP contribution in [-0.2, 0) is 9.59 Å². The van der Waals surface area contributed by atoms with Crippen molar-refractivity contribution in [2.24, 2.45) is 0 Å². The Hall–Kier alpha value is -5.63. The van der Waals surface area contributed by atoms with E-state index in [-0.39, 0.29) is 17.6 Å². The van der Waals surface area contributed by atoms with Gasteiger partial charge in [0.1, 0.15) is 29.3 Å². The van der Waals surface area contributed by atoms with Crippen molar-refractivity contribution in [3.8, 4) is 0 Å². The van der Waals surface area contributed by atoms with E-state index >= 15 is 0 Å². The maximum Gasteiger partial charge on any atom is 0.272 e. The quantitative estimate of drug-likeness (QED) is 0.152. The van der Waals surface area contributed by atoms with Crippen LogP contribution in [0.4, 0.5) is 38.8 Å². The summed E-state index contributed by atoms with van der Waals surface area (Å²) in [6.45, 7) is 21.6. The number of hydrogen-bond donors (Lipinski definition) is 0. The van der Waals surface area contributed by atoms with Crippen LogP contribution < -0.4 is 19.6 Å². The number of carbonyl (C=O) groups excluding carboxylic acids is 2. The number of halogens is 1. The maximum absolute atomic E-state index is 14.2. The van der Waals surface area contributed by atoms with E-state index in [9.17, 15) is 14.0 Å². The number of hydrogen-bond acceptors (Lipinski definition) is 6. The van der Waals surface area contributed by atoms with Gasteiger partial charge in [-0.05, 0) is 144 Å². The van der Waals surface area contributed by atoms with Crippen molar-refractivity contribution < 1.29 is 14.0 Å². The number of aromatic nitrogens is 2. The van der Waals surface area contributed by atoms with Crippen LogP contribution in [0.15, 0.2) is 67.0 Å². The molecule has 4 fully saturated rings. The van der Waals surface area contributed by atoms with Crippen LogP contribution in [0, 0.1) is 46.7 Å². The van der Waals surface area contributed by atoms with Gasteiger partial charge in [0.05, 0.1) is 11.4 Å². The average Bonchev–Trinajstić information content (AvgIpc) is 3.49. The van der Waals surface area contributed by atoms with E-state index < -0.39 is 11.1 Å². The third kappa shape index (κ3) is 5.63. The Morgan fingerprint density at radius 2 is 1.08 bits per heavy atom. The van der Waals surface area contributed by atoms with E-state index in [0.29, 0.717) is 62.9 Å². The van der Waals surface area contributed by atoms with Crippen molar-refractivity contribution in [2.45, 2.75) is 77.3 Å². The monoisotopic (exact) mass is 742 g/mol. The van der Waals surface area contributed by atoms with Gasteiger partial charge in [0.25, 0.3) is 23.5 Å². The minimum absolute atomic E-state index is 0.00564. The lowest BCUT2D eigenvalue weighted by Gasteiger charge is -2.43. The standard InChI is InChI=1S/C20H17FN4OS.C20H18N4OS/c1-12-5-6-14(10-16(12)21)25-19(27)24(18(26)20(25)7-4-8-20)15-9-13(2)17(22-3)23-11-15;1-13-5-7-15(8-6-13)24-19(26)23(18(25)20(24)9-4-10-20)16-11-14(2)17(21-3)22-12-16/h5-6,9-11H,4,7-8H2,1-2H3;5-8,11-12H,4,9-10H2,1-2H3. The number of pyridine rings is 2. The largest absolute Gasteiger partial charge is 0.360 e. The van der Waals surface area contributed by atoms with E-state index in [1.165, 1.54) is 22.7 Å². The second-order valence-corrected chi connectivity index (χ2v) is 14.7. The number of benzene rings is 2. The molecule has 4 aliphatic rings. The van der Waals surface area contributed by atoms with Crippen molar-refractivity contribution in [1.29, 1.82) is 0 Å². The Balaban J connectivity index is 0.000000164. The molecule has 2 aromatic carbocycles. The van der Waals surface area contributed by atoms with Gasteiger partial charge in [-0.25, -0.2) is 4.39 Å². The van der Waals surface area contributed by atoms with Gasteiger partial charge in [0.15, 0.2) is 10.2 Å². The number of anilines is 4. The highest BCUT2D eigenvalue weighted by Crippen LogP contribution is 2.49. The Bertz CT molecular complexity index is 2310. The first kappa shape index (κ1) is 35.8. The second kappa shape index (κ2) is 13.4. The lowest BCUT2D eigenvalue weighted by Crippen LogP contribution is -2.55. The predicted octanol–water partition coefficient (Wildman–Crippen LogP) is 8.76. The van der Waals surface area contributed by atoms with Crippen LogP contribution >= 0.6 is 24.4 Å². The fourth-order valence-electron chi connectivity index (χ4n) is 7.42. The van der Waals surface area contributed by atoms with Gasteiger partial charge in [-0.2, -0.15) is 0 Å². The zero-order valence-corrected chi connectivity index (χ0v) is 31.3. The zero-order valence-electron chi connectivity index (χ0n) is 29.7. The number of nitrogens with zero attached hydrogens (tertiary/aromatic N) is 8. The Labute approximate surface area is 318 Å². The highest BCUT2D eigenvalue weighted by molar-refractivity contribution is 7.81. The molecule has 13 heteroatoms. The molecule has 2 saturated carbocycles. The normalized spacial score (nSPS) is 18.1. The minimum Gasteiger partial charge on any atom is -0.360 e. The van der Waals surface area contributed by atoms with Gasteiger partial charge in [-0.15, -0.1) is 9.97 Å².